The molecule has 0 aliphatic carbocycles. The number of hydrogen-bond acceptors (Lipinski definition) is 2. The number of amides is 1. The molecule has 0 aromatic heterocycles. The molecule has 5 heteroatoms. The van der Waals surface area contributed by atoms with E-state index in [1.807, 2.05) is 13.8 Å². The molecule has 0 bridgehead atoms. The van der Waals surface area contributed by atoms with Crippen LogP contribution in [-0.4, -0.2) is 18.5 Å². The molecule has 0 aliphatic rings. The van der Waals surface area contributed by atoms with Crippen LogP contribution in [-0.2, 0) is 4.79 Å². The lowest BCUT2D eigenvalue weighted by Crippen LogP contribution is -2.34. The molecular formula is C12H16ClFN2O. The fourth-order valence-corrected chi connectivity index (χ4v) is 1.41. The van der Waals surface area contributed by atoms with Crippen molar-refractivity contribution in [2.45, 2.75) is 26.3 Å². The summed E-state index contributed by atoms with van der Waals surface area (Å²) in [7, 11) is 0. The first-order chi connectivity index (χ1) is 8.02. The molecule has 3 nitrogen and oxygen atoms in total. The third-order valence-corrected chi connectivity index (χ3v) is 2.74. The smallest absolute Gasteiger partial charge is 0.238 e. The highest BCUT2D eigenvalue weighted by Crippen LogP contribution is 2.22. The predicted octanol–water partition coefficient (Wildman–Crippen LogP) is 2.81. The largest absolute Gasteiger partial charge is 0.324 e. The zero-order chi connectivity index (χ0) is 12.8. The van der Waals surface area contributed by atoms with E-state index < -0.39 is 5.82 Å². The van der Waals surface area contributed by atoms with E-state index in [4.69, 9.17) is 11.6 Å². The van der Waals surface area contributed by atoms with Gasteiger partial charge in [0, 0.05) is 6.04 Å². The lowest BCUT2D eigenvalue weighted by atomic mass is 10.2. The minimum absolute atomic E-state index is 0.196. The van der Waals surface area contributed by atoms with Gasteiger partial charge in [0.1, 0.15) is 5.82 Å². The monoisotopic (exact) mass is 258 g/mol. The van der Waals surface area contributed by atoms with E-state index in [9.17, 15) is 9.18 Å². The Labute approximate surface area is 105 Å². The van der Waals surface area contributed by atoms with E-state index in [-0.39, 0.29) is 23.5 Å². The second kappa shape index (κ2) is 6.57. The Kier molecular flexibility index (Phi) is 5.38. The summed E-state index contributed by atoms with van der Waals surface area (Å²) in [5.41, 5.74) is 0.420. The third-order valence-electron chi connectivity index (χ3n) is 2.43. The van der Waals surface area contributed by atoms with Gasteiger partial charge in [0.25, 0.3) is 0 Å². The van der Waals surface area contributed by atoms with Crippen LogP contribution >= 0.6 is 11.6 Å². The Morgan fingerprint density at radius 2 is 2.24 bits per heavy atom. The highest BCUT2D eigenvalue weighted by atomic mass is 35.5. The van der Waals surface area contributed by atoms with Crippen LogP contribution in [0.5, 0.6) is 0 Å². The van der Waals surface area contributed by atoms with Crippen molar-refractivity contribution in [1.82, 2.24) is 5.32 Å². The number of nitrogens with one attached hydrogen (secondary N) is 2. The predicted molar refractivity (Wildman–Crippen MR) is 67.8 cm³/mol. The van der Waals surface area contributed by atoms with Crippen LogP contribution in [0.15, 0.2) is 18.2 Å². The van der Waals surface area contributed by atoms with Crippen LogP contribution in [0.4, 0.5) is 10.1 Å². The fraction of sp³-hybridized carbons (Fsp3) is 0.417. The first kappa shape index (κ1) is 13.9. The molecule has 0 fully saturated rings. The molecule has 0 spiro atoms. The van der Waals surface area contributed by atoms with Crippen LogP contribution in [0.2, 0.25) is 5.02 Å². The average molecular weight is 259 g/mol. The van der Waals surface area contributed by atoms with Crippen LogP contribution in [0.1, 0.15) is 20.3 Å². The third kappa shape index (κ3) is 4.71. The van der Waals surface area contributed by atoms with Crippen molar-refractivity contribution < 1.29 is 9.18 Å². The molecule has 1 rings (SSSR count). The fourth-order valence-electron chi connectivity index (χ4n) is 1.20. The normalized spacial score (nSPS) is 12.2. The summed E-state index contributed by atoms with van der Waals surface area (Å²) < 4.78 is 12.8. The molecule has 0 saturated carbocycles. The number of hydrogen-bond donors (Lipinski definition) is 2. The van der Waals surface area contributed by atoms with Gasteiger partial charge < -0.3 is 10.6 Å². The van der Waals surface area contributed by atoms with E-state index in [1.54, 1.807) is 0 Å². The molecule has 0 aliphatic heterocycles. The quantitative estimate of drug-likeness (QED) is 0.853. The number of anilines is 1. The summed E-state index contributed by atoms with van der Waals surface area (Å²) in [5.74, 6) is -0.621. The van der Waals surface area contributed by atoms with Gasteiger partial charge in [-0.05, 0) is 31.5 Å². The molecule has 17 heavy (non-hydrogen) atoms. The number of benzene rings is 1. The maximum Gasteiger partial charge on any atom is 0.238 e. The van der Waals surface area contributed by atoms with Crippen molar-refractivity contribution in [2.24, 2.45) is 0 Å². The van der Waals surface area contributed by atoms with E-state index in [1.165, 1.54) is 18.2 Å². The molecule has 1 unspecified atom stereocenters. The van der Waals surface area contributed by atoms with E-state index in [0.29, 0.717) is 5.69 Å². The van der Waals surface area contributed by atoms with Crippen molar-refractivity contribution >= 4 is 23.2 Å². The van der Waals surface area contributed by atoms with Crippen molar-refractivity contribution in [2.75, 3.05) is 11.9 Å². The molecule has 94 valence electrons. The molecule has 1 aromatic carbocycles. The lowest BCUT2D eigenvalue weighted by Gasteiger charge is -2.11. The van der Waals surface area contributed by atoms with Gasteiger partial charge in [0.15, 0.2) is 0 Å². The second-order valence-electron chi connectivity index (χ2n) is 3.86. The highest BCUT2D eigenvalue weighted by Gasteiger charge is 2.07. The molecule has 1 aromatic rings. The van der Waals surface area contributed by atoms with Crippen molar-refractivity contribution in [1.29, 1.82) is 0 Å². The molecular weight excluding hydrogens is 243 g/mol. The summed E-state index contributed by atoms with van der Waals surface area (Å²) in [5, 5.41) is 5.87. The number of halogens is 2. The Morgan fingerprint density at radius 3 is 2.82 bits per heavy atom. The average Bonchev–Trinajstić information content (AvgIpc) is 2.29. The summed E-state index contributed by atoms with van der Waals surface area (Å²) in [6, 6.07) is 4.14. The number of rotatable bonds is 5. The summed E-state index contributed by atoms with van der Waals surface area (Å²) in [4.78, 5) is 11.5. The Balaban J connectivity index is 2.50. The molecule has 2 N–H and O–H groups in total. The maximum absolute atomic E-state index is 12.8. The molecule has 0 saturated heterocycles. The van der Waals surface area contributed by atoms with Gasteiger partial charge in [-0.1, -0.05) is 18.5 Å². The molecule has 0 heterocycles. The number of carbonyl (C=O) groups is 1. The van der Waals surface area contributed by atoms with Gasteiger partial charge in [-0.15, -0.1) is 0 Å². The van der Waals surface area contributed by atoms with Crippen LogP contribution in [0, 0.1) is 5.82 Å². The second-order valence-corrected chi connectivity index (χ2v) is 4.27. The first-order valence-electron chi connectivity index (χ1n) is 5.51. The van der Waals surface area contributed by atoms with E-state index in [0.717, 1.165) is 6.42 Å². The topological polar surface area (TPSA) is 41.1 Å². The minimum Gasteiger partial charge on any atom is -0.324 e. The molecule has 1 amide bonds. The standard InChI is InChI=1S/C12H16ClFN2O/c1-3-8(2)15-7-12(17)16-11-5-4-9(14)6-10(11)13/h4-6,8,15H,3,7H2,1-2H3,(H,16,17). The molecule has 1 atom stereocenters. The van der Waals surface area contributed by atoms with Gasteiger partial charge in [0.2, 0.25) is 5.91 Å². The van der Waals surface area contributed by atoms with Gasteiger partial charge in [-0.2, -0.15) is 0 Å². The van der Waals surface area contributed by atoms with Crippen molar-refractivity contribution in [3.05, 3.63) is 29.0 Å². The van der Waals surface area contributed by atoms with E-state index >= 15 is 0 Å². The lowest BCUT2D eigenvalue weighted by molar-refractivity contribution is -0.115. The zero-order valence-corrected chi connectivity index (χ0v) is 10.6. The first-order valence-corrected chi connectivity index (χ1v) is 5.89. The van der Waals surface area contributed by atoms with Crippen molar-refractivity contribution in [3.8, 4) is 0 Å². The van der Waals surface area contributed by atoms with Crippen LogP contribution < -0.4 is 10.6 Å². The SMILES string of the molecule is CCC(C)NCC(=O)Nc1ccc(F)cc1Cl. The number of carbonyl (C=O) groups excluding carboxylic acids is 1. The van der Waals surface area contributed by atoms with Crippen LogP contribution in [0.3, 0.4) is 0 Å². The minimum atomic E-state index is -0.425. The summed E-state index contributed by atoms with van der Waals surface area (Å²) in [6.45, 7) is 4.24. The Morgan fingerprint density at radius 1 is 1.53 bits per heavy atom. The van der Waals surface area contributed by atoms with Gasteiger partial charge in [-0.25, -0.2) is 4.39 Å². The van der Waals surface area contributed by atoms with Crippen molar-refractivity contribution in [3.63, 3.8) is 0 Å². The van der Waals surface area contributed by atoms with E-state index in [2.05, 4.69) is 10.6 Å². The summed E-state index contributed by atoms with van der Waals surface area (Å²) >= 11 is 5.79. The maximum atomic E-state index is 12.8. The highest BCUT2D eigenvalue weighted by molar-refractivity contribution is 6.33. The Hall–Kier alpha value is -1.13. The summed E-state index contributed by atoms with van der Waals surface area (Å²) in [6.07, 6.45) is 0.949. The van der Waals surface area contributed by atoms with Gasteiger partial charge in [0.05, 0.1) is 17.3 Å². The molecule has 0 radical (unpaired) electrons. The van der Waals surface area contributed by atoms with Gasteiger partial charge >= 0.3 is 0 Å². The Bertz CT molecular complexity index is 398. The van der Waals surface area contributed by atoms with Gasteiger partial charge in [-0.3, -0.25) is 4.79 Å². The zero-order valence-electron chi connectivity index (χ0n) is 9.89. The van der Waals surface area contributed by atoms with Crippen LogP contribution in [0.25, 0.3) is 0 Å².